The van der Waals surface area contributed by atoms with E-state index in [1.165, 1.54) is 6.07 Å². The molecule has 1 heterocycles. The molecule has 2 N–H and O–H groups in total. The van der Waals surface area contributed by atoms with Crippen molar-refractivity contribution in [2.75, 3.05) is 6.61 Å². The van der Waals surface area contributed by atoms with Crippen molar-refractivity contribution in [3.05, 3.63) is 36.0 Å². The molecule has 1 aromatic carbocycles. The summed E-state index contributed by atoms with van der Waals surface area (Å²) in [6.07, 6.45) is 1.62. The number of esters is 1. The Bertz CT molecular complexity index is 521. The van der Waals surface area contributed by atoms with Gasteiger partial charge in [-0.1, -0.05) is 0 Å². The number of carbonyl (C=O) groups is 1. The van der Waals surface area contributed by atoms with Gasteiger partial charge in [-0.05, 0) is 31.2 Å². The number of aromatic amines is 1. The largest absolute Gasteiger partial charge is 0.507 e. The van der Waals surface area contributed by atoms with Gasteiger partial charge in [0, 0.05) is 11.8 Å². The summed E-state index contributed by atoms with van der Waals surface area (Å²) in [5.74, 6) is -0.627. The molecule has 0 fully saturated rings. The third kappa shape index (κ3) is 2.28. The first-order valence-corrected chi connectivity index (χ1v) is 5.22. The maximum Gasteiger partial charge on any atom is 0.341 e. The van der Waals surface area contributed by atoms with E-state index in [-0.39, 0.29) is 17.9 Å². The molecular weight excluding hydrogens is 220 g/mol. The highest BCUT2D eigenvalue weighted by molar-refractivity contribution is 5.93. The molecule has 0 saturated heterocycles. The van der Waals surface area contributed by atoms with Crippen LogP contribution in [0, 0.1) is 0 Å². The van der Waals surface area contributed by atoms with E-state index in [0.29, 0.717) is 0 Å². The quantitative estimate of drug-likeness (QED) is 0.793. The molecule has 0 radical (unpaired) electrons. The Hall–Kier alpha value is -2.30. The molecule has 0 atom stereocenters. The summed E-state index contributed by atoms with van der Waals surface area (Å²) in [5.41, 5.74) is 1.69. The highest BCUT2D eigenvalue weighted by atomic mass is 16.5. The van der Waals surface area contributed by atoms with Crippen LogP contribution in [0.1, 0.15) is 17.3 Å². The summed E-state index contributed by atoms with van der Waals surface area (Å²) in [6.45, 7) is 1.99. The van der Waals surface area contributed by atoms with Crippen molar-refractivity contribution in [2.45, 2.75) is 6.92 Å². The summed E-state index contributed by atoms with van der Waals surface area (Å²) in [6, 6.07) is 6.51. The molecule has 2 aromatic rings. The van der Waals surface area contributed by atoms with Gasteiger partial charge in [-0.3, -0.25) is 5.10 Å². The van der Waals surface area contributed by atoms with E-state index in [1.807, 2.05) is 0 Å². The number of hydrogen-bond donors (Lipinski definition) is 2. The molecule has 0 aliphatic heterocycles. The van der Waals surface area contributed by atoms with Crippen LogP contribution in [0.5, 0.6) is 5.75 Å². The number of nitrogens with one attached hydrogen (secondary N) is 1. The number of benzene rings is 1. The van der Waals surface area contributed by atoms with Gasteiger partial charge in [-0.25, -0.2) is 4.79 Å². The van der Waals surface area contributed by atoms with Gasteiger partial charge in [-0.15, -0.1) is 0 Å². The van der Waals surface area contributed by atoms with Gasteiger partial charge >= 0.3 is 5.97 Å². The third-order valence-corrected chi connectivity index (χ3v) is 2.30. The van der Waals surface area contributed by atoms with Crippen molar-refractivity contribution in [1.29, 1.82) is 0 Å². The average Bonchev–Trinajstić information content (AvgIpc) is 2.83. The van der Waals surface area contributed by atoms with Crippen LogP contribution in [-0.4, -0.2) is 27.9 Å². The first kappa shape index (κ1) is 11.2. The molecule has 0 unspecified atom stereocenters. The van der Waals surface area contributed by atoms with Gasteiger partial charge in [0.1, 0.15) is 11.3 Å². The van der Waals surface area contributed by atoms with E-state index >= 15 is 0 Å². The van der Waals surface area contributed by atoms with Crippen LogP contribution < -0.4 is 0 Å². The van der Waals surface area contributed by atoms with Crippen LogP contribution in [0.25, 0.3) is 11.3 Å². The number of ether oxygens (including phenoxy) is 1. The first-order valence-electron chi connectivity index (χ1n) is 5.22. The maximum atomic E-state index is 11.6. The van der Waals surface area contributed by atoms with E-state index in [2.05, 4.69) is 10.2 Å². The number of nitrogens with zero attached hydrogens (tertiary/aromatic N) is 1. The summed E-state index contributed by atoms with van der Waals surface area (Å²) in [4.78, 5) is 11.6. The minimum absolute atomic E-state index is 0.0910. The van der Waals surface area contributed by atoms with Crippen LogP contribution in [-0.2, 0) is 4.74 Å². The Labute approximate surface area is 98.0 Å². The number of aromatic nitrogens is 2. The van der Waals surface area contributed by atoms with Crippen LogP contribution >= 0.6 is 0 Å². The SMILES string of the molecule is CCOC(=O)c1cc(-c2ccn[nH]2)ccc1O. The molecule has 88 valence electrons. The molecule has 0 aliphatic rings. The van der Waals surface area contributed by atoms with Gasteiger partial charge in [0.05, 0.1) is 12.3 Å². The van der Waals surface area contributed by atoms with Crippen LogP contribution in [0.15, 0.2) is 30.5 Å². The summed E-state index contributed by atoms with van der Waals surface area (Å²) >= 11 is 0. The lowest BCUT2D eigenvalue weighted by molar-refractivity contribution is 0.0523. The lowest BCUT2D eigenvalue weighted by Gasteiger charge is -2.06. The Morgan fingerprint density at radius 2 is 2.29 bits per heavy atom. The number of phenols is 1. The van der Waals surface area contributed by atoms with E-state index in [1.54, 1.807) is 31.3 Å². The second kappa shape index (κ2) is 4.69. The third-order valence-electron chi connectivity index (χ3n) is 2.30. The van der Waals surface area contributed by atoms with Crippen molar-refractivity contribution < 1.29 is 14.6 Å². The van der Waals surface area contributed by atoms with E-state index in [4.69, 9.17) is 4.74 Å². The summed E-state index contributed by atoms with van der Waals surface area (Å²) in [5, 5.41) is 16.2. The Kier molecular flexibility index (Phi) is 3.09. The zero-order valence-electron chi connectivity index (χ0n) is 9.30. The number of aromatic hydroxyl groups is 1. The van der Waals surface area contributed by atoms with Crippen molar-refractivity contribution in [3.8, 4) is 17.0 Å². The molecule has 0 aliphatic carbocycles. The molecule has 2 rings (SSSR count). The van der Waals surface area contributed by atoms with E-state index in [9.17, 15) is 9.90 Å². The summed E-state index contributed by atoms with van der Waals surface area (Å²) < 4.78 is 4.86. The average molecular weight is 232 g/mol. The molecule has 0 saturated carbocycles. The monoisotopic (exact) mass is 232 g/mol. The molecule has 5 heteroatoms. The smallest absolute Gasteiger partial charge is 0.341 e. The molecule has 0 spiro atoms. The van der Waals surface area contributed by atoms with Crippen molar-refractivity contribution in [2.24, 2.45) is 0 Å². The van der Waals surface area contributed by atoms with Gasteiger partial charge < -0.3 is 9.84 Å². The van der Waals surface area contributed by atoms with Crippen LogP contribution in [0.3, 0.4) is 0 Å². The predicted molar refractivity (Wildman–Crippen MR) is 61.6 cm³/mol. The van der Waals surface area contributed by atoms with Crippen LogP contribution in [0.2, 0.25) is 0 Å². The molecule has 0 bridgehead atoms. The fourth-order valence-corrected chi connectivity index (χ4v) is 1.49. The Morgan fingerprint density at radius 3 is 2.94 bits per heavy atom. The number of rotatable bonds is 3. The standard InChI is InChI=1S/C12H12N2O3/c1-2-17-12(16)9-7-8(3-4-11(9)15)10-5-6-13-14-10/h3-7,15H,2H2,1H3,(H,13,14). The normalized spacial score (nSPS) is 10.2. The number of H-pyrrole nitrogens is 1. The minimum atomic E-state index is -0.536. The zero-order chi connectivity index (χ0) is 12.3. The summed E-state index contributed by atoms with van der Waals surface area (Å²) in [7, 11) is 0. The van der Waals surface area contributed by atoms with Crippen molar-refractivity contribution in [3.63, 3.8) is 0 Å². The molecule has 17 heavy (non-hydrogen) atoms. The second-order valence-corrected chi connectivity index (χ2v) is 3.42. The lowest BCUT2D eigenvalue weighted by Crippen LogP contribution is -2.05. The number of carbonyl (C=O) groups excluding carboxylic acids is 1. The highest BCUT2D eigenvalue weighted by Gasteiger charge is 2.13. The second-order valence-electron chi connectivity index (χ2n) is 3.42. The molecule has 1 aromatic heterocycles. The molecule has 0 amide bonds. The van der Waals surface area contributed by atoms with Gasteiger partial charge in [0.2, 0.25) is 0 Å². The van der Waals surface area contributed by atoms with Gasteiger partial charge in [0.25, 0.3) is 0 Å². The highest BCUT2D eigenvalue weighted by Crippen LogP contribution is 2.25. The van der Waals surface area contributed by atoms with E-state index in [0.717, 1.165) is 11.3 Å². The molecule has 5 nitrogen and oxygen atoms in total. The zero-order valence-corrected chi connectivity index (χ0v) is 9.30. The molecular formula is C12H12N2O3. The number of hydrogen-bond acceptors (Lipinski definition) is 4. The fraction of sp³-hybridized carbons (Fsp3) is 0.167. The van der Waals surface area contributed by atoms with Gasteiger partial charge in [0.15, 0.2) is 0 Å². The first-order chi connectivity index (χ1) is 8.22. The lowest BCUT2D eigenvalue weighted by atomic mass is 10.1. The topological polar surface area (TPSA) is 75.2 Å². The minimum Gasteiger partial charge on any atom is -0.507 e. The fourth-order valence-electron chi connectivity index (χ4n) is 1.49. The van der Waals surface area contributed by atoms with E-state index < -0.39 is 5.97 Å². The van der Waals surface area contributed by atoms with Gasteiger partial charge in [-0.2, -0.15) is 5.10 Å². The number of phenolic OH excluding ortho intramolecular Hbond substituents is 1. The van der Waals surface area contributed by atoms with Crippen LogP contribution in [0.4, 0.5) is 0 Å². The maximum absolute atomic E-state index is 11.6. The Balaban J connectivity index is 2.39. The predicted octanol–water partition coefficient (Wildman–Crippen LogP) is 1.96. The van der Waals surface area contributed by atoms with Crippen molar-refractivity contribution in [1.82, 2.24) is 10.2 Å². The van der Waals surface area contributed by atoms with Crippen molar-refractivity contribution >= 4 is 5.97 Å². The Morgan fingerprint density at radius 1 is 1.47 bits per heavy atom.